The van der Waals surface area contributed by atoms with Crippen molar-refractivity contribution >= 4 is 0 Å². The van der Waals surface area contributed by atoms with E-state index in [0.29, 0.717) is 6.61 Å². The van der Waals surface area contributed by atoms with E-state index in [1.165, 1.54) is 0 Å². The summed E-state index contributed by atoms with van der Waals surface area (Å²) in [5.41, 5.74) is 0. The second kappa shape index (κ2) is 2.64. The molecule has 0 aromatic rings. The average molecular weight is 131 g/mol. The van der Waals surface area contributed by atoms with E-state index in [2.05, 4.69) is 0 Å². The third-order valence-corrected chi connectivity index (χ3v) is 1.24. The van der Waals surface area contributed by atoms with E-state index < -0.39 is 0 Å². The molecule has 0 aromatic carbocycles. The number of ether oxygens (including phenoxy) is 2. The van der Waals surface area contributed by atoms with Crippen LogP contribution in [0.15, 0.2) is 0 Å². The van der Waals surface area contributed by atoms with Crippen molar-refractivity contribution < 1.29 is 9.47 Å². The molecule has 0 N–H and O–H groups in total. The maximum Gasteiger partial charge on any atom is 0.218 e. The molecule has 3 heteroatoms. The molecule has 0 aliphatic carbocycles. The lowest BCUT2D eigenvalue weighted by molar-refractivity contribution is -0.141. The molecule has 1 fully saturated rings. The molecule has 1 aliphatic heterocycles. The zero-order valence-corrected chi connectivity index (χ0v) is 6.13. The molecule has 0 radical (unpaired) electrons. The van der Waals surface area contributed by atoms with Crippen molar-refractivity contribution in [3.05, 3.63) is 0 Å². The molecule has 0 saturated carbocycles. The van der Waals surface area contributed by atoms with Crippen molar-refractivity contribution in [2.24, 2.45) is 0 Å². The quantitative estimate of drug-likeness (QED) is 0.509. The van der Waals surface area contributed by atoms with E-state index in [1.807, 2.05) is 25.9 Å². The van der Waals surface area contributed by atoms with Crippen LogP contribution in [-0.4, -0.2) is 38.1 Å². The summed E-state index contributed by atoms with van der Waals surface area (Å²) in [6, 6.07) is 0. The van der Waals surface area contributed by atoms with Crippen LogP contribution in [0.3, 0.4) is 0 Å². The Bertz CT molecular complexity index is 95.1. The maximum atomic E-state index is 5.33. The molecule has 0 bridgehead atoms. The van der Waals surface area contributed by atoms with E-state index in [0.717, 1.165) is 0 Å². The summed E-state index contributed by atoms with van der Waals surface area (Å²) < 4.78 is 10.6. The van der Waals surface area contributed by atoms with Gasteiger partial charge >= 0.3 is 0 Å². The summed E-state index contributed by atoms with van der Waals surface area (Å²) in [6.07, 6.45) is 0.123. The summed E-state index contributed by atoms with van der Waals surface area (Å²) in [4.78, 5) is 1.91. The minimum atomic E-state index is -0.125. The highest BCUT2D eigenvalue weighted by Crippen LogP contribution is 2.11. The summed E-state index contributed by atoms with van der Waals surface area (Å²) in [5, 5.41) is 0. The molecule has 1 aliphatic rings. The van der Waals surface area contributed by atoms with Crippen molar-refractivity contribution in [1.29, 1.82) is 0 Å². The van der Waals surface area contributed by atoms with Crippen LogP contribution < -0.4 is 0 Å². The monoisotopic (exact) mass is 131 g/mol. The van der Waals surface area contributed by atoms with Gasteiger partial charge in [-0.1, -0.05) is 0 Å². The standard InChI is InChI=1S/C6H13NO2/c1-5-4-8-6(9-5)7(2)3/h5-6H,4H2,1-3H3. The molecule has 9 heavy (non-hydrogen) atoms. The highest BCUT2D eigenvalue weighted by atomic mass is 16.7. The normalized spacial score (nSPS) is 36.0. The number of nitrogens with zero attached hydrogens (tertiary/aromatic N) is 1. The number of hydrogen-bond donors (Lipinski definition) is 0. The molecule has 0 amide bonds. The van der Waals surface area contributed by atoms with Crippen LogP contribution in [0.1, 0.15) is 6.92 Å². The van der Waals surface area contributed by atoms with Gasteiger partial charge in [-0.25, -0.2) is 0 Å². The van der Waals surface area contributed by atoms with Crippen molar-refractivity contribution in [3.8, 4) is 0 Å². The smallest absolute Gasteiger partial charge is 0.218 e. The Balaban J connectivity index is 2.30. The molecule has 2 atom stereocenters. The molecule has 3 nitrogen and oxygen atoms in total. The zero-order valence-electron chi connectivity index (χ0n) is 6.13. The average Bonchev–Trinajstić information content (AvgIpc) is 2.14. The van der Waals surface area contributed by atoms with Gasteiger partial charge in [0.15, 0.2) is 0 Å². The fourth-order valence-corrected chi connectivity index (χ4v) is 0.766. The first-order chi connectivity index (χ1) is 4.20. The highest BCUT2D eigenvalue weighted by molar-refractivity contribution is 4.56. The summed E-state index contributed by atoms with van der Waals surface area (Å²) in [6.45, 7) is 2.71. The van der Waals surface area contributed by atoms with Gasteiger partial charge in [0.05, 0.1) is 12.7 Å². The van der Waals surface area contributed by atoms with Gasteiger partial charge < -0.3 is 9.47 Å². The van der Waals surface area contributed by atoms with Gasteiger partial charge in [0.25, 0.3) is 0 Å². The number of rotatable bonds is 1. The predicted molar refractivity (Wildman–Crippen MR) is 34.0 cm³/mol. The second-order valence-electron chi connectivity index (χ2n) is 2.55. The third-order valence-electron chi connectivity index (χ3n) is 1.24. The molecular weight excluding hydrogens is 118 g/mol. The molecule has 54 valence electrons. The Kier molecular flexibility index (Phi) is 2.05. The van der Waals surface area contributed by atoms with Gasteiger partial charge in [-0.2, -0.15) is 0 Å². The Morgan fingerprint density at radius 2 is 2.11 bits per heavy atom. The number of hydrogen-bond acceptors (Lipinski definition) is 3. The zero-order chi connectivity index (χ0) is 6.85. The lowest BCUT2D eigenvalue weighted by Gasteiger charge is -2.16. The summed E-state index contributed by atoms with van der Waals surface area (Å²) in [7, 11) is 3.87. The molecule has 0 aromatic heterocycles. The summed E-state index contributed by atoms with van der Waals surface area (Å²) >= 11 is 0. The minimum absolute atomic E-state index is 0.125. The van der Waals surface area contributed by atoms with E-state index in [9.17, 15) is 0 Å². The first-order valence-corrected chi connectivity index (χ1v) is 3.13. The summed E-state index contributed by atoms with van der Waals surface area (Å²) in [5.74, 6) is 0. The topological polar surface area (TPSA) is 21.7 Å². The van der Waals surface area contributed by atoms with E-state index >= 15 is 0 Å². The van der Waals surface area contributed by atoms with Crippen LogP contribution in [0.4, 0.5) is 0 Å². The molecule has 2 unspecified atom stereocenters. The van der Waals surface area contributed by atoms with Gasteiger partial charge in [-0.3, -0.25) is 4.90 Å². The molecular formula is C6H13NO2. The van der Waals surface area contributed by atoms with Crippen LogP contribution in [0, 0.1) is 0 Å². The van der Waals surface area contributed by atoms with Gasteiger partial charge in [0.2, 0.25) is 6.41 Å². The first-order valence-electron chi connectivity index (χ1n) is 3.13. The largest absolute Gasteiger partial charge is 0.337 e. The van der Waals surface area contributed by atoms with E-state index in [4.69, 9.17) is 9.47 Å². The fraction of sp³-hybridized carbons (Fsp3) is 1.00. The Morgan fingerprint density at radius 3 is 2.33 bits per heavy atom. The Labute approximate surface area is 55.5 Å². The van der Waals surface area contributed by atoms with Crippen molar-refractivity contribution in [2.75, 3.05) is 20.7 Å². The highest BCUT2D eigenvalue weighted by Gasteiger charge is 2.23. The van der Waals surface area contributed by atoms with Gasteiger partial charge in [-0.05, 0) is 21.0 Å². The Morgan fingerprint density at radius 1 is 1.44 bits per heavy atom. The second-order valence-corrected chi connectivity index (χ2v) is 2.55. The van der Waals surface area contributed by atoms with Crippen LogP contribution >= 0.6 is 0 Å². The SMILES string of the molecule is CC1COC(N(C)C)O1. The predicted octanol–water partition coefficient (Wildman–Crippen LogP) is 0.267. The fourth-order valence-electron chi connectivity index (χ4n) is 0.766. The van der Waals surface area contributed by atoms with Crippen molar-refractivity contribution in [2.45, 2.75) is 19.4 Å². The van der Waals surface area contributed by atoms with Crippen molar-refractivity contribution in [3.63, 3.8) is 0 Å². The van der Waals surface area contributed by atoms with E-state index in [1.54, 1.807) is 0 Å². The van der Waals surface area contributed by atoms with Crippen LogP contribution in [0.2, 0.25) is 0 Å². The molecule has 1 heterocycles. The van der Waals surface area contributed by atoms with Crippen LogP contribution in [-0.2, 0) is 9.47 Å². The van der Waals surface area contributed by atoms with Gasteiger partial charge in [0.1, 0.15) is 0 Å². The van der Waals surface area contributed by atoms with Gasteiger partial charge in [-0.15, -0.1) is 0 Å². The van der Waals surface area contributed by atoms with Crippen molar-refractivity contribution in [1.82, 2.24) is 4.90 Å². The Hall–Kier alpha value is -0.120. The molecule has 1 rings (SSSR count). The lowest BCUT2D eigenvalue weighted by Crippen LogP contribution is -2.28. The lowest BCUT2D eigenvalue weighted by atomic mass is 10.5. The van der Waals surface area contributed by atoms with Crippen LogP contribution in [0.25, 0.3) is 0 Å². The first kappa shape index (κ1) is 6.99. The molecule has 1 saturated heterocycles. The van der Waals surface area contributed by atoms with Crippen LogP contribution in [0.5, 0.6) is 0 Å². The van der Waals surface area contributed by atoms with Gasteiger partial charge in [0, 0.05) is 0 Å². The van der Waals surface area contributed by atoms with E-state index in [-0.39, 0.29) is 12.5 Å². The minimum Gasteiger partial charge on any atom is -0.337 e. The third kappa shape index (κ3) is 1.64. The molecule has 0 spiro atoms. The maximum absolute atomic E-state index is 5.33.